The second-order valence-corrected chi connectivity index (χ2v) is 8.47. The summed E-state index contributed by atoms with van der Waals surface area (Å²) in [4.78, 5) is 24.8. The van der Waals surface area contributed by atoms with Crippen LogP contribution in [-0.2, 0) is 14.8 Å². The van der Waals surface area contributed by atoms with Crippen LogP contribution in [0.3, 0.4) is 0 Å². The summed E-state index contributed by atoms with van der Waals surface area (Å²) >= 11 is 0. The van der Waals surface area contributed by atoms with E-state index >= 15 is 0 Å². The maximum absolute atomic E-state index is 12.6. The van der Waals surface area contributed by atoms with E-state index in [1.807, 2.05) is 32.0 Å². The van der Waals surface area contributed by atoms with Crippen molar-refractivity contribution in [3.05, 3.63) is 59.2 Å². The van der Waals surface area contributed by atoms with Crippen LogP contribution < -0.4 is 9.62 Å². The average molecular weight is 372 g/mol. The maximum Gasteiger partial charge on any atom is 0.255 e. The van der Waals surface area contributed by atoms with Crippen LogP contribution in [0, 0.1) is 19.8 Å². The highest BCUT2D eigenvalue weighted by Gasteiger charge is 2.42. The molecule has 0 aromatic heterocycles. The molecule has 1 N–H and O–H groups in total. The second-order valence-electron chi connectivity index (χ2n) is 6.61. The number of anilines is 2. The molecule has 1 atom stereocenters. The lowest BCUT2D eigenvalue weighted by molar-refractivity contribution is -0.119. The quantitative estimate of drug-likeness (QED) is 0.898. The molecule has 2 aromatic rings. The lowest BCUT2D eigenvalue weighted by Gasteiger charge is -2.16. The third-order valence-electron chi connectivity index (χ3n) is 4.34. The minimum absolute atomic E-state index is 0.188. The molecule has 6 nitrogen and oxygen atoms in total. The minimum Gasteiger partial charge on any atom is -0.322 e. The molecule has 3 rings (SSSR count). The summed E-state index contributed by atoms with van der Waals surface area (Å²) in [7, 11) is -3.70. The van der Waals surface area contributed by atoms with Gasteiger partial charge in [-0.3, -0.25) is 9.59 Å². The molecule has 136 valence electrons. The Hall–Kier alpha value is -2.67. The Morgan fingerprint density at radius 3 is 2.54 bits per heavy atom. The van der Waals surface area contributed by atoms with Crippen LogP contribution in [0.15, 0.2) is 42.5 Å². The molecule has 0 radical (unpaired) electrons. The predicted octanol–water partition coefficient (Wildman–Crippen LogP) is 2.87. The van der Waals surface area contributed by atoms with E-state index in [9.17, 15) is 18.0 Å². The highest BCUT2D eigenvalue weighted by Crippen LogP contribution is 2.29. The fraction of sp³-hybridized carbons (Fsp3) is 0.263. The Bertz CT molecular complexity index is 998. The number of benzene rings is 2. The summed E-state index contributed by atoms with van der Waals surface area (Å²) in [6.07, 6.45) is 0. The van der Waals surface area contributed by atoms with Crippen molar-refractivity contribution < 1.29 is 18.0 Å². The van der Waals surface area contributed by atoms with E-state index in [0.717, 1.165) is 15.4 Å². The van der Waals surface area contributed by atoms with Crippen molar-refractivity contribution in [3.63, 3.8) is 0 Å². The summed E-state index contributed by atoms with van der Waals surface area (Å²) in [5.41, 5.74) is 3.10. The lowest BCUT2D eigenvalue weighted by atomic mass is 10.1. The van der Waals surface area contributed by atoms with Crippen molar-refractivity contribution in [3.8, 4) is 0 Å². The Balaban J connectivity index is 1.91. The number of carbonyl (C=O) groups is 2. The molecular formula is C19H20N2O4S. The highest BCUT2D eigenvalue weighted by atomic mass is 32.2. The van der Waals surface area contributed by atoms with Crippen LogP contribution in [0.5, 0.6) is 0 Å². The number of nitrogens with zero attached hydrogens (tertiary/aromatic N) is 1. The van der Waals surface area contributed by atoms with Crippen molar-refractivity contribution in [2.75, 3.05) is 15.4 Å². The van der Waals surface area contributed by atoms with Gasteiger partial charge in [0.25, 0.3) is 5.91 Å². The molecule has 0 bridgehead atoms. The molecule has 1 fully saturated rings. The fourth-order valence-corrected chi connectivity index (χ4v) is 4.74. The molecule has 2 amide bonds. The Morgan fingerprint density at radius 2 is 1.88 bits per heavy atom. The van der Waals surface area contributed by atoms with Crippen molar-refractivity contribution in [2.24, 2.45) is 5.92 Å². The van der Waals surface area contributed by atoms with Crippen LogP contribution in [-0.4, -0.2) is 26.0 Å². The van der Waals surface area contributed by atoms with Crippen molar-refractivity contribution in [1.29, 1.82) is 0 Å². The molecule has 0 aliphatic carbocycles. The van der Waals surface area contributed by atoms with Crippen molar-refractivity contribution in [2.45, 2.75) is 20.8 Å². The molecule has 1 aliphatic heterocycles. The fourth-order valence-electron chi connectivity index (χ4n) is 2.93. The monoisotopic (exact) mass is 372 g/mol. The van der Waals surface area contributed by atoms with Gasteiger partial charge in [0.05, 0.1) is 17.4 Å². The smallest absolute Gasteiger partial charge is 0.255 e. The Kier molecular flexibility index (Phi) is 4.58. The molecule has 7 heteroatoms. The van der Waals surface area contributed by atoms with E-state index in [2.05, 4.69) is 5.32 Å². The summed E-state index contributed by atoms with van der Waals surface area (Å²) in [6.45, 7) is 5.40. The summed E-state index contributed by atoms with van der Waals surface area (Å²) in [5.74, 6) is -1.65. The van der Waals surface area contributed by atoms with E-state index in [1.54, 1.807) is 19.1 Å². The number of hydrogen-bond donors (Lipinski definition) is 1. The minimum atomic E-state index is -3.70. The van der Waals surface area contributed by atoms with E-state index in [0.29, 0.717) is 5.69 Å². The van der Waals surface area contributed by atoms with Gasteiger partial charge in [-0.1, -0.05) is 25.1 Å². The molecule has 1 saturated heterocycles. The van der Waals surface area contributed by atoms with Gasteiger partial charge in [0.1, 0.15) is 0 Å². The lowest BCUT2D eigenvalue weighted by Crippen LogP contribution is -2.30. The molecule has 1 aliphatic rings. The van der Waals surface area contributed by atoms with Crippen molar-refractivity contribution >= 4 is 33.2 Å². The Morgan fingerprint density at radius 1 is 1.15 bits per heavy atom. The zero-order valence-electron chi connectivity index (χ0n) is 14.8. The maximum atomic E-state index is 12.6. The number of hydrogen-bond acceptors (Lipinski definition) is 4. The molecule has 0 spiro atoms. The summed E-state index contributed by atoms with van der Waals surface area (Å²) in [6, 6.07) is 11.8. The molecule has 1 unspecified atom stereocenters. The number of carbonyl (C=O) groups excluding carboxylic acids is 2. The van der Waals surface area contributed by atoms with Gasteiger partial charge in [0, 0.05) is 11.3 Å². The molecule has 0 saturated carbocycles. The third kappa shape index (κ3) is 3.35. The second kappa shape index (κ2) is 6.57. The largest absolute Gasteiger partial charge is 0.322 e. The SMILES string of the molecule is Cc1ccc(C)c(NC(=O)c2cccc(N3C(=O)C(C)CS3(=O)=O)c2)c1. The number of aryl methyl sites for hydroxylation is 2. The molecule has 26 heavy (non-hydrogen) atoms. The zero-order chi connectivity index (χ0) is 19.1. The van der Waals surface area contributed by atoms with Gasteiger partial charge >= 0.3 is 0 Å². The van der Waals surface area contributed by atoms with Gasteiger partial charge < -0.3 is 5.32 Å². The number of sulfonamides is 1. The number of amides is 2. The normalized spacial score (nSPS) is 18.8. The van der Waals surface area contributed by atoms with Crippen LogP contribution in [0.4, 0.5) is 11.4 Å². The van der Waals surface area contributed by atoms with Crippen LogP contribution >= 0.6 is 0 Å². The van der Waals surface area contributed by atoms with E-state index in [-0.39, 0.29) is 22.9 Å². The first-order valence-electron chi connectivity index (χ1n) is 8.24. The zero-order valence-corrected chi connectivity index (χ0v) is 15.6. The van der Waals surface area contributed by atoms with Crippen LogP contribution in [0.25, 0.3) is 0 Å². The number of rotatable bonds is 3. The topological polar surface area (TPSA) is 83.6 Å². The molecule has 1 heterocycles. The summed E-state index contributed by atoms with van der Waals surface area (Å²) in [5, 5.41) is 2.83. The van der Waals surface area contributed by atoms with Gasteiger partial charge in [0.15, 0.2) is 0 Å². The first-order valence-corrected chi connectivity index (χ1v) is 9.85. The summed E-state index contributed by atoms with van der Waals surface area (Å²) < 4.78 is 25.3. The van der Waals surface area contributed by atoms with Crippen LogP contribution in [0.1, 0.15) is 28.4 Å². The highest BCUT2D eigenvalue weighted by molar-refractivity contribution is 7.94. The standard InChI is InChI=1S/C19H20N2O4S/c1-12-7-8-13(2)17(9-12)20-18(22)15-5-4-6-16(10-15)21-19(23)14(3)11-26(21,24)25/h4-10,14H,11H2,1-3H3,(H,20,22). The van der Waals surface area contributed by atoms with Gasteiger partial charge in [-0.25, -0.2) is 12.7 Å². The molecular weight excluding hydrogens is 352 g/mol. The van der Waals surface area contributed by atoms with Gasteiger partial charge in [-0.05, 0) is 49.2 Å². The van der Waals surface area contributed by atoms with Gasteiger partial charge in [0.2, 0.25) is 15.9 Å². The van der Waals surface area contributed by atoms with Crippen molar-refractivity contribution in [1.82, 2.24) is 0 Å². The third-order valence-corrected chi connectivity index (χ3v) is 6.21. The van der Waals surface area contributed by atoms with Gasteiger partial charge in [-0.2, -0.15) is 0 Å². The Labute approximate surface area is 152 Å². The first kappa shape index (κ1) is 18.1. The average Bonchev–Trinajstić information content (AvgIpc) is 2.78. The van der Waals surface area contributed by atoms with E-state index in [4.69, 9.17) is 0 Å². The predicted molar refractivity (Wildman–Crippen MR) is 101 cm³/mol. The first-order chi connectivity index (χ1) is 12.2. The molecule has 2 aromatic carbocycles. The van der Waals surface area contributed by atoms with E-state index < -0.39 is 21.8 Å². The van der Waals surface area contributed by atoms with Gasteiger partial charge in [-0.15, -0.1) is 0 Å². The van der Waals surface area contributed by atoms with E-state index in [1.165, 1.54) is 12.1 Å². The number of nitrogens with one attached hydrogen (secondary N) is 1. The van der Waals surface area contributed by atoms with Crippen LogP contribution in [0.2, 0.25) is 0 Å².